The number of hydrogen-bond donors (Lipinski definition) is 2. The van der Waals surface area contributed by atoms with Gasteiger partial charge in [0.1, 0.15) is 0 Å². The molecule has 1 fully saturated rings. The zero-order valence-corrected chi connectivity index (χ0v) is 11.3. The summed E-state index contributed by atoms with van der Waals surface area (Å²) in [5.74, 6) is -1.18. The summed E-state index contributed by atoms with van der Waals surface area (Å²) in [4.78, 5) is 24.8. The molecule has 0 spiro atoms. The number of amides is 1. The zero-order valence-electron chi connectivity index (χ0n) is 11.3. The first-order chi connectivity index (χ1) is 9.59. The molecule has 1 saturated heterocycles. The predicted molar refractivity (Wildman–Crippen MR) is 74.0 cm³/mol. The van der Waals surface area contributed by atoms with E-state index >= 15 is 0 Å². The van der Waals surface area contributed by atoms with Gasteiger partial charge in [-0.05, 0) is 12.1 Å². The van der Waals surface area contributed by atoms with Crippen LogP contribution in [0.5, 0.6) is 0 Å². The summed E-state index contributed by atoms with van der Waals surface area (Å²) in [6.07, 6.45) is 0.282. The summed E-state index contributed by atoms with van der Waals surface area (Å²) in [5, 5.41) is 12.4. The number of benzene rings is 1. The van der Waals surface area contributed by atoms with Crippen LogP contribution < -0.4 is 10.2 Å². The molecular formula is C14H18N2O4. The van der Waals surface area contributed by atoms with Gasteiger partial charge in [-0.1, -0.05) is 12.1 Å². The molecule has 1 aromatic carbocycles. The molecule has 1 atom stereocenters. The third kappa shape index (κ3) is 3.34. The number of nitrogens with zero attached hydrogens (tertiary/aromatic N) is 1. The zero-order chi connectivity index (χ0) is 14.5. The summed E-state index contributed by atoms with van der Waals surface area (Å²) in [6.45, 7) is 1.88. The molecule has 108 valence electrons. The molecule has 0 aromatic heterocycles. The van der Waals surface area contributed by atoms with E-state index < -0.39 is 5.97 Å². The number of carboxylic acids is 1. The molecule has 1 aliphatic heterocycles. The summed E-state index contributed by atoms with van der Waals surface area (Å²) >= 11 is 0. The summed E-state index contributed by atoms with van der Waals surface area (Å²) < 4.78 is 5.30. The minimum absolute atomic E-state index is 0.0179. The highest BCUT2D eigenvalue weighted by Gasteiger charge is 2.22. The number of carbonyl (C=O) groups is 2. The number of anilines is 1. The number of morpholine rings is 1. The second-order valence-corrected chi connectivity index (χ2v) is 4.71. The minimum atomic E-state index is -1.04. The van der Waals surface area contributed by atoms with Crippen LogP contribution in [0.1, 0.15) is 16.8 Å². The highest BCUT2D eigenvalue weighted by molar-refractivity contribution is 6.01. The number of hydrogen-bond acceptors (Lipinski definition) is 4. The van der Waals surface area contributed by atoms with Crippen molar-refractivity contribution < 1.29 is 19.4 Å². The van der Waals surface area contributed by atoms with Gasteiger partial charge in [-0.2, -0.15) is 0 Å². The molecule has 6 nitrogen and oxygen atoms in total. The first-order valence-corrected chi connectivity index (χ1v) is 6.49. The lowest BCUT2D eigenvalue weighted by atomic mass is 10.1. The van der Waals surface area contributed by atoms with E-state index in [-0.39, 0.29) is 23.9 Å². The number of aromatic carboxylic acids is 1. The van der Waals surface area contributed by atoms with E-state index in [9.17, 15) is 9.59 Å². The van der Waals surface area contributed by atoms with Crippen LogP contribution in [0.2, 0.25) is 0 Å². The van der Waals surface area contributed by atoms with E-state index in [0.717, 1.165) is 6.54 Å². The molecule has 2 rings (SSSR count). The number of carboxylic acid groups (broad SMARTS) is 1. The molecule has 6 heteroatoms. The monoisotopic (exact) mass is 278 g/mol. The van der Waals surface area contributed by atoms with Gasteiger partial charge in [-0.25, -0.2) is 4.79 Å². The van der Waals surface area contributed by atoms with Gasteiger partial charge in [-0.3, -0.25) is 4.79 Å². The molecule has 1 unspecified atom stereocenters. The number of rotatable bonds is 4. The maximum Gasteiger partial charge on any atom is 0.337 e. The molecule has 1 aromatic rings. The number of carbonyl (C=O) groups excluding carboxylic acids is 1. The maximum atomic E-state index is 12.2. The summed E-state index contributed by atoms with van der Waals surface area (Å²) in [6, 6.07) is 6.46. The molecule has 0 aliphatic carbocycles. The lowest BCUT2D eigenvalue weighted by Crippen LogP contribution is -2.44. The highest BCUT2D eigenvalue weighted by Crippen LogP contribution is 2.20. The fourth-order valence-electron chi connectivity index (χ4n) is 2.18. The van der Waals surface area contributed by atoms with E-state index in [4.69, 9.17) is 9.84 Å². The van der Waals surface area contributed by atoms with Crippen molar-refractivity contribution in [2.45, 2.75) is 12.5 Å². The average molecular weight is 278 g/mol. The van der Waals surface area contributed by atoms with Crippen LogP contribution in [0.3, 0.4) is 0 Å². The van der Waals surface area contributed by atoms with Gasteiger partial charge in [0.05, 0.1) is 24.5 Å². The van der Waals surface area contributed by atoms with Crippen LogP contribution in [0, 0.1) is 0 Å². The van der Waals surface area contributed by atoms with Crippen LogP contribution in [0.4, 0.5) is 5.69 Å². The van der Waals surface area contributed by atoms with Gasteiger partial charge < -0.3 is 20.1 Å². The standard InChI is InChI=1S/C14H18N2O4/c1-16(12-5-3-2-4-11(12)14(18)19)13(17)8-10-9-20-7-6-15-10/h2-5,10,15H,6-9H2,1H3,(H,18,19). The summed E-state index contributed by atoms with van der Waals surface area (Å²) in [7, 11) is 1.59. The van der Waals surface area contributed by atoms with E-state index in [1.54, 1.807) is 25.2 Å². The van der Waals surface area contributed by atoms with Gasteiger partial charge in [0.25, 0.3) is 0 Å². The van der Waals surface area contributed by atoms with Gasteiger partial charge in [0.2, 0.25) is 5.91 Å². The first-order valence-electron chi connectivity index (χ1n) is 6.49. The Morgan fingerprint density at radius 3 is 2.85 bits per heavy atom. The van der Waals surface area contributed by atoms with Crippen molar-refractivity contribution in [2.24, 2.45) is 0 Å². The van der Waals surface area contributed by atoms with E-state index in [1.807, 2.05) is 0 Å². The molecular weight excluding hydrogens is 260 g/mol. The van der Waals surface area contributed by atoms with E-state index in [1.165, 1.54) is 11.0 Å². The fraction of sp³-hybridized carbons (Fsp3) is 0.429. The largest absolute Gasteiger partial charge is 0.478 e. The third-order valence-electron chi connectivity index (χ3n) is 3.29. The fourth-order valence-corrected chi connectivity index (χ4v) is 2.18. The topological polar surface area (TPSA) is 78.9 Å². The van der Waals surface area contributed by atoms with Crippen LogP contribution in [-0.2, 0) is 9.53 Å². The lowest BCUT2D eigenvalue weighted by Gasteiger charge is -2.26. The Balaban J connectivity index is 2.08. The third-order valence-corrected chi connectivity index (χ3v) is 3.29. The molecule has 20 heavy (non-hydrogen) atoms. The van der Waals surface area contributed by atoms with E-state index in [2.05, 4.69) is 5.32 Å². The van der Waals surface area contributed by atoms with Gasteiger partial charge in [0.15, 0.2) is 0 Å². The lowest BCUT2D eigenvalue weighted by molar-refractivity contribution is -0.119. The van der Waals surface area contributed by atoms with E-state index in [0.29, 0.717) is 18.9 Å². The number of nitrogens with one attached hydrogen (secondary N) is 1. The highest BCUT2D eigenvalue weighted by atomic mass is 16.5. The summed E-state index contributed by atoms with van der Waals surface area (Å²) in [5.41, 5.74) is 0.526. The Morgan fingerprint density at radius 2 is 2.20 bits per heavy atom. The van der Waals surface area contributed by atoms with Crippen LogP contribution in [-0.4, -0.2) is 49.8 Å². The molecule has 1 heterocycles. The molecule has 0 bridgehead atoms. The van der Waals surface area contributed by atoms with Crippen molar-refractivity contribution in [2.75, 3.05) is 31.7 Å². The van der Waals surface area contributed by atoms with Crippen LogP contribution in [0.15, 0.2) is 24.3 Å². The molecule has 0 radical (unpaired) electrons. The van der Waals surface area contributed by atoms with Crippen molar-refractivity contribution >= 4 is 17.6 Å². The van der Waals surface area contributed by atoms with Crippen LogP contribution >= 0.6 is 0 Å². The number of para-hydroxylation sites is 1. The molecule has 2 N–H and O–H groups in total. The normalized spacial score (nSPS) is 18.6. The Morgan fingerprint density at radius 1 is 1.45 bits per heavy atom. The quantitative estimate of drug-likeness (QED) is 0.848. The van der Waals surface area contributed by atoms with Crippen molar-refractivity contribution in [3.63, 3.8) is 0 Å². The Bertz CT molecular complexity index is 498. The van der Waals surface area contributed by atoms with Crippen molar-refractivity contribution in [3.8, 4) is 0 Å². The Hall–Kier alpha value is -1.92. The van der Waals surface area contributed by atoms with Crippen LogP contribution in [0.25, 0.3) is 0 Å². The SMILES string of the molecule is CN(C(=O)CC1COCCN1)c1ccccc1C(=O)O. The van der Waals surface area contributed by atoms with Crippen molar-refractivity contribution in [1.82, 2.24) is 5.32 Å². The molecule has 1 aliphatic rings. The average Bonchev–Trinajstić information content (AvgIpc) is 2.47. The van der Waals surface area contributed by atoms with Crippen molar-refractivity contribution in [1.29, 1.82) is 0 Å². The van der Waals surface area contributed by atoms with Gasteiger partial charge in [0, 0.05) is 26.1 Å². The molecule has 1 amide bonds. The van der Waals surface area contributed by atoms with Gasteiger partial charge in [-0.15, -0.1) is 0 Å². The smallest absolute Gasteiger partial charge is 0.337 e. The predicted octanol–water partition coefficient (Wildman–Crippen LogP) is 0.726. The minimum Gasteiger partial charge on any atom is -0.478 e. The number of ether oxygens (including phenoxy) is 1. The van der Waals surface area contributed by atoms with Gasteiger partial charge >= 0.3 is 5.97 Å². The Labute approximate surface area is 117 Å². The second kappa shape index (κ2) is 6.49. The second-order valence-electron chi connectivity index (χ2n) is 4.71. The maximum absolute atomic E-state index is 12.2. The van der Waals surface area contributed by atoms with Crippen molar-refractivity contribution in [3.05, 3.63) is 29.8 Å². The Kier molecular flexibility index (Phi) is 4.70. The first kappa shape index (κ1) is 14.5. The molecule has 0 saturated carbocycles.